The lowest BCUT2D eigenvalue weighted by Crippen LogP contribution is -2.27. The number of ether oxygens (including phenoxy) is 1. The predicted molar refractivity (Wildman–Crippen MR) is 88.6 cm³/mol. The molecule has 0 fully saturated rings. The van der Waals surface area contributed by atoms with E-state index in [2.05, 4.69) is 49.1 Å². The van der Waals surface area contributed by atoms with Gasteiger partial charge in [0, 0.05) is 13.2 Å². The Morgan fingerprint density at radius 2 is 1.57 bits per heavy atom. The minimum absolute atomic E-state index is 0.858. The first-order valence-electron chi connectivity index (χ1n) is 7.81. The van der Waals surface area contributed by atoms with Gasteiger partial charge < -0.3 is 19.8 Å². The molecule has 6 heteroatoms. The molecule has 0 aliphatic rings. The van der Waals surface area contributed by atoms with Crippen molar-refractivity contribution in [1.82, 2.24) is 4.90 Å². The van der Waals surface area contributed by atoms with Crippen molar-refractivity contribution in [3.8, 4) is 0 Å². The van der Waals surface area contributed by atoms with E-state index < -0.39 is 11.9 Å². The van der Waals surface area contributed by atoms with E-state index in [-0.39, 0.29) is 0 Å². The molecule has 1 aromatic rings. The molecule has 0 radical (unpaired) electrons. The average Bonchev–Trinajstić information content (AvgIpc) is 2.56. The van der Waals surface area contributed by atoms with Gasteiger partial charge in [-0.15, -0.1) is 0 Å². The van der Waals surface area contributed by atoms with Crippen molar-refractivity contribution in [2.24, 2.45) is 0 Å². The highest BCUT2D eigenvalue weighted by molar-refractivity contribution is 6.27. The normalized spacial score (nSPS) is 10.0. The Balaban J connectivity index is 0.000000688. The number of aryl methyl sites for hydroxylation is 1. The van der Waals surface area contributed by atoms with E-state index in [1.165, 1.54) is 5.56 Å². The number of benzene rings is 1. The lowest BCUT2D eigenvalue weighted by molar-refractivity contribution is -0.159. The SMILES string of the molecule is CCN(CC)CCOCCCc1ccccc1.O=C(O)C(=O)O. The van der Waals surface area contributed by atoms with Crippen molar-refractivity contribution in [3.05, 3.63) is 35.9 Å². The van der Waals surface area contributed by atoms with Gasteiger partial charge in [-0.3, -0.25) is 0 Å². The van der Waals surface area contributed by atoms with Gasteiger partial charge in [-0.05, 0) is 31.5 Å². The summed E-state index contributed by atoms with van der Waals surface area (Å²) in [7, 11) is 0. The van der Waals surface area contributed by atoms with Crippen LogP contribution in [0.15, 0.2) is 30.3 Å². The fourth-order valence-electron chi connectivity index (χ4n) is 1.86. The number of hydrogen-bond donors (Lipinski definition) is 2. The number of likely N-dealkylation sites (N-methyl/N-ethyl adjacent to an activating group) is 1. The van der Waals surface area contributed by atoms with Crippen molar-refractivity contribution in [3.63, 3.8) is 0 Å². The molecule has 0 aromatic heterocycles. The second-order valence-corrected chi connectivity index (χ2v) is 4.84. The summed E-state index contributed by atoms with van der Waals surface area (Å²) < 4.78 is 5.65. The van der Waals surface area contributed by atoms with Gasteiger partial charge in [-0.2, -0.15) is 0 Å². The van der Waals surface area contributed by atoms with Gasteiger partial charge >= 0.3 is 11.9 Å². The Labute approximate surface area is 137 Å². The predicted octanol–water partition coefficient (Wildman–Crippen LogP) is 2.13. The summed E-state index contributed by atoms with van der Waals surface area (Å²) in [6.45, 7) is 9.40. The molecule has 0 aliphatic carbocycles. The van der Waals surface area contributed by atoms with Gasteiger partial charge in [-0.1, -0.05) is 44.2 Å². The molecule has 0 heterocycles. The van der Waals surface area contributed by atoms with E-state index in [0.29, 0.717) is 0 Å². The van der Waals surface area contributed by atoms with Gasteiger partial charge in [-0.25, -0.2) is 9.59 Å². The highest BCUT2D eigenvalue weighted by atomic mass is 16.5. The van der Waals surface area contributed by atoms with E-state index >= 15 is 0 Å². The van der Waals surface area contributed by atoms with Gasteiger partial charge in [0.05, 0.1) is 6.61 Å². The first-order chi connectivity index (χ1) is 11.0. The van der Waals surface area contributed by atoms with E-state index in [1.54, 1.807) is 0 Å². The maximum Gasteiger partial charge on any atom is 0.414 e. The van der Waals surface area contributed by atoms with Crippen molar-refractivity contribution in [2.45, 2.75) is 26.7 Å². The zero-order valence-electron chi connectivity index (χ0n) is 13.9. The third-order valence-corrected chi connectivity index (χ3v) is 3.23. The maximum atomic E-state index is 9.10. The van der Waals surface area contributed by atoms with Crippen molar-refractivity contribution < 1.29 is 24.5 Å². The molecule has 1 rings (SSSR count). The van der Waals surface area contributed by atoms with E-state index in [4.69, 9.17) is 24.5 Å². The first-order valence-corrected chi connectivity index (χ1v) is 7.81. The summed E-state index contributed by atoms with van der Waals surface area (Å²) in [4.78, 5) is 20.6. The molecular weight excluding hydrogens is 298 g/mol. The molecule has 0 saturated heterocycles. The molecule has 2 N–H and O–H groups in total. The van der Waals surface area contributed by atoms with Crippen LogP contribution in [-0.2, 0) is 20.7 Å². The molecule has 0 unspecified atom stereocenters. The average molecular weight is 325 g/mol. The number of nitrogens with zero attached hydrogens (tertiary/aromatic N) is 1. The molecule has 0 atom stereocenters. The molecule has 6 nitrogen and oxygen atoms in total. The molecule has 1 aromatic carbocycles. The van der Waals surface area contributed by atoms with Crippen LogP contribution in [0.3, 0.4) is 0 Å². The number of carboxylic acids is 2. The summed E-state index contributed by atoms with van der Waals surface area (Å²) in [5.74, 6) is -3.65. The second kappa shape index (κ2) is 13.7. The zero-order chi connectivity index (χ0) is 17.5. The van der Waals surface area contributed by atoms with E-state index in [1.807, 2.05) is 0 Å². The summed E-state index contributed by atoms with van der Waals surface area (Å²) in [5, 5.41) is 14.8. The largest absolute Gasteiger partial charge is 0.473 e. The van der Waals surface area contributed by atoms with Crippen LogP contribution >= 0.6 is 0 Å². The fraction of sp³-hybridized carbons (Fsp3) is 0.529. The van der Waals surface area contributed by atoms with E-state index in [9.17, 15) is 0 Å². The lowest BCUT2D eigenvalue weighted by Gasteiger charge is -2.17. The number of carboxylic acid groups (broad SMARTS) is 2. The molecule has 0 aliphatic heterocycles. The standard InChI is InChI=1S/C15H25NO.C2H2O4/c1-3-16(4-2)12-14-17-13-8-11-15-9-6-5-7-10-15;3-1(4)2(5)6/h5-7,9-10H,3-4,8,11-14H2,1-2H3;(H,3,4)(H,5,6). The third-order valence-electron chi connectivity index (χ3n) is 3.23. The number of aliphatic carboxylic acids is 2. The summed E-state index contributed by atoms with van der Waals surface area (Å²) in [5.41, 5.74) is 1.40. The minimum atomic E-state index is -1.82. The van der Waals surface area contributed by atoms with Crippen LogP contribution in [0.2, 0.25) is 0 Å². The lowest BCUT2D eigenvalue weighted by atomic mass is 10.1. The Kier molecular flexibility index (Phi) is 12.6. The van der Waals surface area contributed by atoms with Gasteiger partial charge in [0.2, 0.25) is 0 Å². The van der Waals surface area contributed by atoms with Gasteiger partial charge in [0.25, 0.3) is 0 Å². The molecule has 0 amide bonds. The van der Waals surface area contributed by atoms with Crippen LogP contribution in [0.1, 0.15) is 25.8 Å². The fourth-order valence-corrected chi connectivity index (χ4v) is 1.86. The monoisotopic (exact) mass is 325 g/mol. The third kappa shape index (κ3) is 12.3. The highest BCUT2D eigenvalue weighted by Crippen LogP contribution is 2.02. The first kappa shape index (κ1) is 21.1. The molecular formula is C17H27NO5. The Morgan fingerprint density at radius 3 is 2.04 bits per heavy atom. The van der Waals surface area contributed by atoms with Crippen LogP contribution in [0, 0.1) is 0 Å². The van der Waals surface area contributed by atoms with Crippen LogP contribution in [0.25, 0.3) is 0 Å². The van der Waals surface area contributed by atoms with Crippen molar-refractivity contribution in [1.29, 1.82) is 0 Å². The van der Waals surface area contributed by atoms with Crippen LogP contribution in [0.4, 0.5) is 0 Å². The number of hydrogen-bond acceptors (Lipinski definition) is 4. The molecule has 0 saturated carbocycles. The molecule has 23 heavy (non-hydrogen) atoms. The summed E-state index contributed by atoms with van der Waals surface area (Å²) >= 11 is 0. The zero-order valence-corrected chi connectivity index (χ0v) is 13.9. The Hall–Kier alpha value is -1.92. The number of rotatable bonds is 9. The quantitative estimate of drug-likeness (QED) is 0.534. The van der Waals surface area contributed by atoms with Crippen molar-refractivity contribution in [2.75, 3.05) is 32.8 Å². The molecule has 130 valence electrons. The van der Waals surface area contributed by atoms with Gasteiger partial charge in [0.1, 0.15) is 0 Å². The summed E-state index contributed by atoms with van der Waals surface area (Å²) in [6.07, 6.45) is 2.23. The smallest absolute Gasteiger partial charge is 0.414 e. The van der Waals surface area contributed by atoms with Crippen LogP contribution < -0.4 is 0 Å². The van der Waals surface area contributed by atoms with Gasteiger partial charge in [0.15, 0.2) is 0 Å². The Bertz CT molecular complexity index is 420. The van der Waals surface area contributed by atoms with Crippen LogP contribution in [-0.4, -0.2) is 59.9 Å². The molecule has 0 spiro atoms. The highest BCUT2D eigenvalue weighted by Gasteiger charge is 2.04. The number of carbonyl (C=O) groups is 2. The van der Waals surface area contributed by atoms with Crippen molar-refractivity contribution >= 4 is 11.9 Å². The molecule has 0 bridgehead atoms. The maximum absolute atomic E-state index is 9.10. The van der Waals surface area contributed by atoms with Crippen LogP contribution in [0.5, 0.6) is 0 Å². The topological polar surface area (TPSA) is 87.1 Å². The second-order valence-electron chi connectivity index (χ2n) is 4.84. The summed E-state index contributed by atoms with van der Waals surface area (Å²) in [6, 6.07) is 10.6. The minimum Gasteiger partial charge on any atom is -0.473 e. The van der Waals surface area contributed by atoms with E-state index in [0.717, 1.165) is 45.7 Å². The Morgan fingerprint density at radius 1 is 1.00 bits per heavy atom.